The molecule has 1 aromatic rings. The molecule has 1 aromatic heterocycles. The standard InChI is InChI=1S/C10H17N5O3S/c1-11-8-12-9(14-10(13-8)18-2)15-4-3-6-19(16,17)7-5-15/h3-7H2,1-2H3,(H,11,12,13,14). The van der Waals surface area contributed by atoms with Gasteiger partial charge in [0.2, 0.25) is 11.9 Å². The van der Waals surface area contributed by atoms with Crippen LogP contribution >= 0.6 is 0 Å². The first-order valence-electron chi connectivity index (χ1n) is 5.97. The molecule has 0 aromatic carbocycles. The van der Waals surface area contributed by atoms with E-state index in [0.29, 0.717) is 31.4 Å². The van der Waals surface area contributed by atoms with Crippen molar-refractivity contribution >= 4 is 21.7 Å². The van der Waals surface area contributed by atoms with E-state index in [1.165, 1.54) is 7.11 Å². The van der Waals surface area contributed by atoms with Gasteiger partial charge < -0.3 is 15.0 Å². The van der Waals surface area contributed by atoms with E-state index in [1.807, 2.05) is 4.90 Å². The molecule has 19 heavy (non-hydrogen) atoms. The second-order valence-corrected chi connectivity index (χ2v) is 6.49. The molecule has 0 spiro atoms. The van der Waals surface area contributed by atoms with Crippen molar-refractivity contribution in [1.82, 2.24) is 15.0 Å². The molecule has 0 atom stereocenters. The Balaban J connectivity index is 2.25. The molecular weight excluding hydrogens is 270 g/mol. The maximum atomic E-state index is 11.6. The molecule has 9 heteroatoms. The van der Waals surface area contributed by atoms with Crippen LogP contribution in [0, 0.1) is 0 Å². The Morgan fingerprint density at radius 3 is 2.68 bits per heavy atom. The number of anilines is 2. The lowest BCUT2D eigenvalue weighted by Crippen LogP contribution is -2.29. The first-order valence-corrected chi connectivity index (χ1v) is 7.79. The summed E-state index contributed by atoms with van der Waals surface area (Å²) in [6, 6.07) is 0.210. The number of nitrogens with one attached hydrogen (secondary N) is 1. The minimum atomic E-state index is -2.95. The molecule has 1 aliphatic heterocycles. The van der Waals surface area contributed by atoms with Crippen molar-refractivity contribution in [3.05, 3.63) is 0 Å². The maximum Gasteiger partial charge on any atom is 0.322 e. The molecule has 0 radical (unpaired) electrons. The SMILES string of the molecule is CNc1nc(OC)nc(N2CCCS(=O)(=O)CC2)n1. The zero-order chi connectivity index (χ0) is 13.9. The summed E-state index contributed by atoms with van der Waals surface area (Å²) in [7, 11) is 0.226. The Hall–Kier alpha value is -1.64. The largest absolute Gasteiger partial charge is 0.467 e. The Bertz CT molecular complexity index is 526. The fourth-order valence-electron chi connectivity index (χ4n) is 1.83. The maximum absolute atomic E-state index is 11.6. The van der Waals surface area contributed by atoms with Gasteiger partial charge in [0.25, 0.3) is 0 Å². The Morgan fingerprint density at radius 1 is 1.21 bits per heavy atom. The number of hydrogen-bond acceptors (Lipinski definition) is 8. The minimum absolute atomic E-state index is 0.121. The van der Waals surface area contributed by atoms with Gasteiger partial charge in [-0.05, 0) is 6.42 Å². The summed E-state index contributed by atoms with van der Waals surface area (Å²) in [5.74, 6) is 1.17. The summed E-state index contributed by atoms with van der Waals surface area (Å²) in [5, 5.41) is 2.83. The van der Waals surface area contributed by atoms with E-state index in [4.69, 9.17) is 4.74 Å². The Labute approximate surface area is 112 Å². The molecule has 1 N–H and O–H groups in total. The highest BCUT2D eigenvalue weighted by Gasteiger charge is 2.21. The van der Waals surface area contributed by atoms with Crippen LogP contribution in [0.25, 0.3) is 0 Å². The average molecular weight is 287 g/mol. The molecule has 0 bridgehead atoms. The first-order chi connectivity index (χ1) is 9.04. The highest BCUT2D eigenvalue weighted by Crippen LogP contribution is 2.16. The van der Waals surface area contributed by atoms with E-state index in [0.717, 1.165) is 0 Å². The molecule has 1 saturated heterocycles. The third-order valence-corrected chi connectivity index (χ3v) is 4.56. The summed E-state index contributed by atoms with van der Waals surface area (Å²) in [6.45, 7) is 0.994. The van der Waals surface area contributed by atoms with Crippen molar-refractivity contribution in [2.45, 2.75) is 6.42 Å². The van der Waals surface area contributed by atoms with Gasteiger partial charge in [0.15, 0.2) is 9.84 Å². The van der Waals surface area contributed by atoms with Crippen molar-refractivity contribution in [1.29, 1.82) is 0 Å². The van der Waals surface area contributed by atoms with Crippen molar-refractivity contribution in [3.8, 4) is 6.01 Å². The predicted octanol–water partition coefficient (Wildman–Crippen LogP) is -0.453. The summed E-state index contributed by atoms with van der Waals surface area (Å²) in [5.41, 5.74) is 0. The van der Waals surface area contributed by atoms with Crippen LogP contribution in [0.5, 0.6) is 6.01 Å². The second-order valence-electron chi connectivity index (χ2n) is 4.19. The van der Waals surface area contributed by atoms with Crippen LogP contribution < -0.4 is 15.0 Å². The zero-order valence-electron chi connectivity index (χ0n) is 11.0. The summed E-state index contributed by atoms with van der Waals surface area (Å²) in [6.07, 6.45) is 0.575. The van der Waals surface area contributed by atoms with E-state index in [2.05, 4.69) is 20.3 Å². The molecule has 0 amide bonds. The van der Waals surface area contributed by atoms with Gasteiger partial charge in [-0.15, -0.1) is 0 Å². The smallest absolute Gasteiger partial charge is 0.322 e. The third-order valence-electron chi connectivity index (χ3n) is 2.85. The average Bonchev–Trinajstić information content (AvgIpc) is 2.59. The van der Waals surface area contributed by atoms with E-state index in [1.54, 1.807) is 7.05 Å². The predicted molar refractivity (Wildman–Crippen MR) is 71.4 cm³/mol. The fraction of sp³-hybridized carbons (Fsp3) is 0.700. The van der Waals surface area contributed by atoms with Crippen LogP contribution in [0.2, 0.25) is 0 Å². The van der Waals surface area contributed by atoms with Crippen LogP contribution in [0.1, 0.15) is 6.42 Å². The van der Waals surface area contributed by atoms with E-state index in [-0.39, 0.29) is 17.5 Å². The number of nitrogens with zero attached hydrogens (tertiary/aromatic N) is 4. The van der Waals surface area contributed by atoms with Gasteiger partial charge in [-0.3, -0.25) is 0 Å². The van der Waals surface area contributed by atoms with E-state index >= 15 is 0 Å². The van der Waals surface area contributed by atoms with E-state index in [9.17, 15) is 8.42 Å². The lowest BCUT2D eigenvalue weighted by Gasteiger charge is -2.19. The lowest BCUT2D eigenvalue weighted by molar-refractivity contribution is 0.378. The molecule has 1 aliphatic rings. The highest BCUT2D eigenvalue weighted by atomic mass is 32.2. The van der Waals surface area contributed by atoms with Crippen molar-refractivity contribution in [3.63, 3.8) is 0 Å². The number of hydrogen-bond donors (Lipinski definition) is 1. The fourth-order valence-corrected chi connectivity index (χ4v) is 3.10. The summed E-state index contributed by atoms with van der Waals surface area (Å²) in [4.78, 5) is 14.2. The quantitative estimate of drug-likeness (QED) is 0.798. The molecular formula is C10H17N5O3S. The topological polar surface area (TPSA) is 97.3 Å². The summed E-state index contributed by atoms with van der Waals surface area (Å²) >= 11 is 0. The van der Waals surface area contributed by atoms with Crippen LogP contribution in [-0.4, -0.2) is 62.1 Å². The van der Waals surface area contributed by atoms with Crippen molar-refractivity contribution in [2.24, 2.45) is 0 Å². The molecule has 1 fully saturated rings. The summed E-state index contributed by atoms with van der Waals surface area (Å²) < 4.78 is 28.2. The van der Waals surface area contributed by atoms with Crippen LogP contribution in [0.15, 0.2) is 0 Å². The van der Waals surface area contributed by atoms with Crippen LogP contribution in [-0.2, 0) is 9.84 Å². The van der Waals surface area contributed by atoms with Gasteiger partial charge in [0, 0.05) is 20.1 Å². The number of sulfone groups is 1. The number of methoxy groups -OCH3 is 1. The van der Waals surface area contributed by atoms with Gasteiger partial charge in [-0.2, -0.15) is 15.0 Å². The lowest BCUT2D eigenvalue weighted by atomic mass is 10.4. The van der Waals surface area contributed by atoms with Gasteiger partial charge in [0.05, 0.1) is 18.6 Å². The minimum Gasteiger partial charge on any atom is -0.467 e. The zero-order valence-corrected chi connectivity index (χ0v) is 11.8. The van der Waals surface area contributed by atoms with E-state index < -0.39 is 9.84 Å². The van der Waals surface area contributed by atoms with Gasteiger partial charge >= 0.3 is 6.01 Å². The van der Waals surface area contributed by atoms with Gasteiger partial charge in [-0.25, -0.2) is 8.42 Å². The van der Waals surface area contributed by atoms with Crippen LogP contribution in [0.4, 0.5) is 11.9 Å². The molecule has 2 heterocycles. The number of rotatable bonds is 3. The highest BCUT2D eigenvalue weighted by molar-refractivity contribution is 7.91. The van der Waals surface area contributed by atoms with Crippen LogP contribution in [0.3, 0.4) is 0 Å². The van der Waals surface area contributed by atoms with Gasteiger partial charge in [-0.1, -0.05) is 0 Å². The number of aromatic nitrogens is 3. The third kappa shape index (κ3) is 3.43. The normalized spacial score (nSPS) is 18.7. The molecule has 0 saturated carbocycles. The first kappa shape index (κ1) is 13.8. The Kier molecular flexibility index (Phi) is 4.03. The molecule has 2 rings (SSSR count). The van der Waals surface area contributed by atoms with Gasteiger partial charge in [0.1, 0.15) is 0 Å². The Morgan fingerprint density at radius 2 is 2.00 bits per heavy atom. The molecule has 0 aliphatic carbocycles. The second kappa shape index (κ2) is 5.55. The van der Waals surface area contributed by atoms with Crippen molar-refractivity contribution in [2.75, 3.05) is 49.0 Å². The monoisotopic (exact) mass is 287 g/mol. The molecule has 8 nitrogen and oxygen atoms in total. The van der Waals surface area contributed by atoms with Crippen molar-refractivity contribution < 1.29 is 13.2 Å². The number of ether oxygens (including phenoxy) is 1. The molecule has 106 valence electrons. The molecule has 0 unspecified atom stereocenters.